The van der Waals surface area contributed by atoms with E-state index in [2.05, 4.69) is 10.3 Å². The number of aromatic nitrogens is 1. The summed E-state index contributed by atoms with van der Waals surface area (Å²) < 4.78 is 0. The first-order chi connectivity index (χ1) is 11.2. The normalized spacial score (nSPS) is 17.3. The Bertz CT molecular complexity index is 686. The van der Waals surface area contributed by atoms with Crippen molar-refractivity contribution >= 4 is 40.0 Å². The number of benzene rings is 1. The Hall–Kier alpha value is -1.86. The molecule has 0 radical (unpaired) electrons. The molecular weight excluding hydrogens is 330 g/mol. The van der Waals surface area contributed by atoms with Crippen molar-refractivity contribution in [1.82, 2.24) is 9.88 Å². The zero-order valence-corrected chi connectivity index (χ0v) is 14.3. The smallest absolute Gasteiger partial charge is 0.254 e. The van der Waals surface area contributed by atoms with Gasteiger partial charge in [-0.05, 0) is 43.4 Å². The summed E-state index contributed by atoms with van der Waals surface area (Å²) in [4.78, 5) is 31.9. The molecule has 2 aromatic rings. The Labute approximate surface area is 143 Å². The highest BCUT2D eigenvalue weighted by Crippen LogP contribution is 2.23. The van der Waals surface area contributed by atoms with Crippen molar-refractivity contribution in [2.45, 2.75) is 23.8 Å². The van der Waals surface area contributed by atoms with E-state index in [9.17, 15) is 9.59 Å². The quantitative estimate of drug-likeness (QED) is 0.863. The van der Waals surface area contributed by atoms with Gasteiger partial charge in [0.15, 0.2) is 5.13 Å². The van der Waals surface area contributed by atoms with Crippen LogP contribution in [0.15, 0.2) is 40.7 Å². The molecule has 0 saturated carbocycles. The Morgan fingerprint density at radius 1 is 1.35 bits per heavy atom. The average molecular weight is 347 g/mol. The topological polar surface area (TPSA) is 62.3 Å². The van der Waals surface area contributed by atoms with Crippen LogP contribution >= 0.6 is 23.1 Å². The average Bonchev–Trinajstić information content (AvgIpc) is 3.25. The molecule has 2 amide bonds. The molecule has 1 N–H and O–H groups in total. The van der Waals surface area contributed by atoms with Crippen molar-refractivity contribution in [1.29, 1.82) is 0 Å². The maximum atomic E-state index is 12.7. The third-order valence-corrected chi connectivity index (χ3v) is 5.25. The first-order valence-corrected chi connectivity index (χ1v) is 9.45. The number of thiazole rings is 1. The van der Waals surface area contributed by atoms with Crippen molar-refractivity contribution in [2.75, 3.05) is 18.1 Å². The zero-order chi connectivity index (χ0) is 16.2. The summed E-state index contributed by atoms with van der Waals surface area (Å²) in [5.41, 5.74) is 0.622. The van der Waals surface area contributed by atoms with E-state index in [1.54, 1.807) is 28.2 Å². The predicted molar refractivity (Wildman–Crippen MR) is 93.0 cm³/mol. The minimum atomic E-state index is -0.424. The van der Waals surface area contributed by atoms with Gasteiger partial charge in [-0.15, -0.1) is 23.1 Å². The number of carbonyl (C=O) groups is 2. The molecule has 7 heteroatoms. The van der Waals surface area contributed by atoms with Gasteiger partial charge in [-0.1, -0.05) is 0 Å². The molecule has 23 heavy (non-hydrogen) atoms. The SMILES string of the molecule is CSc1ccc(C(=O)N2CCCC2C(=O)Nc2nccs2)cc1. The van der Waals surface area contributed by atoms with E-state index < -0.39 is 6.04 Å². The number of rotatable bonds is 4. The number of likely N-dealkylation sites (tertiary alicyclic amines) is 1. The molecular formula is C16H17N3O2S2. The fraction of sp³-hybridized carbons (Fsp3) is 0.312. The Kier molecular flexibility index (Phi) is 4.97. The van der Waals surface area contributed by atoms with Crippen LogP contribution in [0, 0.1) is 0 Å². The molecule has 1 aromatic heterocycles. The van der Waals surface area contributed by atoms with Gasteiger partial charge in [0.2, 0.25) is 5.91 Å². The number of thioether (sulfide) groups is 1. The molecule has 0 bridgehead atoms. The van der Waals surface area contributed by atoms with E-state index >= 15 is 0 Å². The summed E-state index contributed by atoms with van der Waals surface area (Å²) in [6.45, 7) is 0.610. The molecule has 1 aliphatic rings. The maximum Gasteiger partial charge on any atom is 0.254 e. The highest BCUT2D eigenvalue weighted by atomic mass is 32.2. The summed E-state index contributed by atoms with van der Waals surface area (Å²) in [6, 6.07) is 7.08. The second kappa shape index (κ2) is 7.14. The van der Waals surface area contributed by atoms with Crippen LogP contribution in [0.4, 0.5) is 5.13 Å². The lowest BCUT2D eigenvalue weighted by Gasteiger charge is -2.23. The third kappa shape index (κ3) is 3.56. The summed E-state index contributed by atoms with van der Waals surface area (Å²) >= 11 is 3.01. The standard InChI is InChI=1S/C16H17N3O2S2/c1-22-12-6-4-11(5-7-12)15(21)19-9-2-3-13(19)14(20)18-16-17-8-10-23-16/h4-8,10,13H,2-3,9H2,1H3,(H,17,18,20). The molecule has 120 valence electrons. The molecule has 1 aliphatic heterocycles. The molecule has 1 aromatic carbocycles. The highest BCUT2D eigenvalue weighted by Gasteiger charge is 2.34. The highest BCUT2D eigenvalue weighted by molar-refractivity contribution is 7.98. The second-order valence-electron chi connectivity index (χ2n) is 5.21. The second-order valence-corrected chi connectivity index (χ2v) is 6.99. The lowest BCUT2D eigenvalue weighted by atomic mass is 10.1. The molecule has 0 aliphatic carbocycles. The van der Waals surface area contributed by atoms with Crippen LogP contribution in [0.25, 0.3) is 0 Å². The molecule has 3 rings (SSSR count). The van der Waals surface area contributed by atoms with Gasteiger partial charge < -0.3 is 10.2 Å². The monoisotopic (exact) mass is 347 g/mol. The maximum absolute atomic E-state index is 12.7. The van der Waals surface area contributed by atoms with Crippen LogP contribution in [0.1, 0.15) is 23.2 Å². The fourth-order valence-corrected chi connectivity index (χ4v) is 3.60. The number of nitrogens with one attached hydrogen (secondary N) is 1. The number of carbonyl (C=O) groups excluding carboxylic acids is 2. The third-order valence-electron chi connectivity index (χ3n) is 3.82. The van der Waals surface area contributed by atoms with Crippen molar-refractivity contribution in [3.8, 4) is 0 Å². The Morgan fingerprint density at radius 2 is 2.13 bits per heavy atom. The van der Waals surface area contributed by atoms with Gasteiger partial charge in [0, 0.05) is 28.6 Å². The van der Waals surface area contributed by atoms with Gasteiger partial charge in [0.1, 0.15) is 6.04 Å². The van der Waals surface area contributed by atoms with Gasteiger partial charge in [0.05, 0.1) is 0 Å². The van der Waals surface area contributed by atoms with Gasteiger partial charge >= 0.3 is 0 Å². The molecule has 1 fully saturated rings. The van der Waals surface area contributed by atoms with E-state index in [0.717, 1.165) is 11.3 Å². The summed E-state index contributed by atoms with van der Waals surface area (Å²) in [5.74, 6) is -0.249. The summed E-state index contributed by atoms with van der Waals surface area (Å²) in [6.07, 6.45) is 5.16. The van der Waals surface area contributed by atoms with Crippen molar-refractivity contribution < 1.29 is 9.59 Å². The van der Waals surface area contributed by atoms with Crippen LogP contribution in [0.5, 0.6) is 0 Å². The summed E-state index contributed by atoms with van der Waals surface area (Å²) in [5, 5.41) is 5.16. The van der Waals surface area contributed by atoms with Gasteiger partial charge in [0.25, 0.3) is 5.91 Å². The first kappa shape index (κ1) is 16.0. The molecule has 5 nitrogen and oxygen atoms in total. The van der Waals surface area contributed by atoms with E-state index in [-0.39, 0.29) is 11.8 Å². The Balaban J connectivity index is 1.72. The number of hydrogen-bond donors (Lipinski definition) is 1. The van der Waals surface area contributed by atoms with Gasteiger partial charge in [-0.25, -0.2) is 4.98 Å². The molecule has 1 saturated heterocycles. The minimum absolute atomic E-state index is 0.0885. The van der Waals surface area contributed by atoms with Crippen molar-refractivity contribution in [2.24, 2.45) is 0 Å². The van der Waals surface area contributed by atoms with Crippen LogP contribution < -0.4 is 5.32 Å². The summed E-state index contributed by atoms with van der Waals surface area (Å²) in [7, 11) is 0. The lowest BCUT2D eigenvalue weighted by Crippen LogP contribution is -2.43. The molecule has 2 heterocycles. The van der Waals surface area contributed by atoms with E-state index in [1.807, 2.05) is 30.5 Å². The zero-order valence-electron chi connectivity index (χ0n) is 12.7. The van der Waals surface area contributed by atoms with Crippen LogP contribution in [-0.2, 0) is 4.79 Å². The lowest BCUT2D eigenvalue weighted by molar-refractivity contribution is -0.119. The largest absolute Gasteiger partial charge is 0.327 e. The number of amides is 2. The van der Waals surface area contributed by atoms with Gasteiger partial charge in [-0.2, -0.15) is 0 Å². The predicted octanol–water partition coefficient (Wildman–Crippen LogP) is 3.11. The fourth-order valence-electron chi connectivity index (χ4n) is 2.66. The van der Waals surface area contributed by atoms with Gasteiger partial charge in [-0.3, -0.25) is 9.59 Å². The minimum Gasteiger partial charge on any atom is -0.327 e. The Morgan fingerprint density at radius 3 is 2.78 bits per heavy atom. The molecule has 1 unspecified atom stereocenters. The van der Waals surface area contributed by atoms with E-state index in [1.165, 1.54) is 11.3 Å². The van der Waals surface area contributed by atoms with Crippen LogP contribution in [0.3, 0.4) is 0 Å². The number of hydrogen-bond acceptors (Lipinski definition) is 5. The van der Waals surface area contributed by atoms with Crippen LogP contribution in [-0.4, -0.2) is 40.5 Å². The first-order valence-electron chi connectivity index (χ1n) is 7.34. The van der Waals surface area contributed by atoms with E-state index in [0.29, 0.717) is 23.7 Å². The van der Waals surface area contributed by atoms with E-state index in [4.69, 9.17) is 0 Å². The molecule has 1 atom stereocenters. The van der Waals surface area contributed by atoms with Crippen molar-refractivity contribution in [3.63, 3.8) is 0 Å². The van der Waals surface area contributed by atoms with Crippen molar-refractivity contribution in [3.05, 3.63) is 41.4 Å². The molecule has 0 spiro atoms. The number of anilines is 1. The van der Waals surface area contributed by atoms with Crippen LogP contribution in [0.2, 0.25) is 0 Å². The number of nitrogens with zero attached hydrogens (tertiary/aromatic N) is 2.